The summed E-state index contributed by atoms with van der Waals surface area (Å²) in [5.41, 5.74) is 2.82. The molecular weight excluding hydrogens is 510 g/mol. The third-order valence-electron chi connectivity index (χ3n) is 7.16. The molecule has 0 bridgehead atoms. The van der Waals surface area contributed by atoms with Crippen LogP contribution in [0.25, 0.3) is 0 Å². The second kappa shape index (κ2) is 12.0. The van der Waals surface area contributed by atoms with Gasteiger partial charge in [0.1, 0.15) is 0 Å². The highest BCUT2D eigenvalue weighted by Crippen LogP contribution is 2.34. The Balaban J connectivity index is 1.33. The smallest absolute Gasteiger partial charge is 0.305 e. The summed E-state index contributed by atoms with van der Waals surface area (Å²) in [4.78, 5) is 58.3. The van der Waals surface area contributed by atoms with Gasteiger partial charge in [0.15, 0.2) is 0 Å². The second-order valence-electron chi connectivity index (χ2n) is 10.1. The Hall–Kier alpha value is -4.73. The van der Waals surface area contributed by atoms with Crippen LogP contribution >= 0.6 is 0 Å². The predicted octanol–water partition coefficient (Wildman–Crippen LogP) is 3.34. The van der Waals surface area contributed by atoms with Crippen LogP contribution in [0.3, 0.4) is 0 Å². The Bertz CT molecular complexity index is 1390. The molecule has 2 heterocycles. The van der Waals surface area contributed by atoms with Crippen LogP contribution in [-0.4, -0.2) is 64.9 Å². The third-order valence-corrected chi connectivity index (χ3v) is 7.16. The zero-order valence-electron chi connectivity index (χ0n) is 22.0. The SMILES string of the molecule is O=C(O)CC(NC(=O)c1ccc(N2CCN(C(=O)c3ccccc3)CC2)c(NC(=O)C2CC2)c1)c1cccnc1. The van der Waals surface area contributed by atoms with Gasteiger partial charge in [-0.2, -0.15) is 0 Å². The van der Waals surface area contributed by atoms with Gasteiger partial charge in [0.2, 0.25) is 5.91 Å². The molecule has 3 amide bonds. The molecule has 206 valence electrons. The maximum atomic E-state index is 13.2. The number of anilines is 2. The molecule has 5 rings (SSSR count). The van der Waals surface area contributed by atoms with Crippen molar-refractivity contribution in [3.63, 3.8) is 0 Å². The van der Waals surface area contributed by atoms with Crippen LogP contribution in [0, 0.1) is 5.92 Å². The van der Waals surface area contributed by atoms with Gasteiger partial charge < -0.3 is 25.5 Å². The lowest BCUT2D eigenvalue weighted by Crippen LogP contribution is -2.49. The highest BCUT2D eigenvalue weighted by Gasteiger charge is 2.31. The van der Waals surface area contributed by atoms with Gasteiger partial charge in [-0.3, -0.25) is 24.2 Å². The summed E-state index contributed by atoms with van der Waals surface area (Å²) in [5, 5.41) is 15.2. The van der Waals surface area contributed by atoms with E-state index in [4.69, 9.17) is 0 Å². The molecular formula is C30H31N5O5. The van der Waals surface area contributed by atoms with Crippen molar-refractivity contribution >= 4 is 35.1 Å². The molecule has 10 heteroatoms. The van der Waals surface area contributed by atoms with Crippen molar-refractivity contribution in [2.24, 2.45) is 5.92 Å². The average molecular weight is 542 g/mol. The number of carbonyl (C=O) groups excluding carboxylic acids is 3. The number of rotatable bonds is 9. The van der Waals surface area contributed by atoms with E-state index in [1.807, 2.05) is 23.1 Å². The zero-order chi connectivity index (χ0) is 28.1. The maximum Gasteiger partial charge on any atom is 0.305 e. The molecule has 1 saturated carbocycles. The number of carbonyl (C=O) groups is 4. The molecule has 0 radical (unpaired) electrons. The Morgan fingerprint density at radius 1 is 0.925 bits per heavy atom. The summed E-state index contributed by atoms with van der Waals surface area (Å²) in [7, 11) is 0. The van der Waals surface area contributed by atoms with Gasteiger partial charge in [-0.25, -0.2) is 0 Å². The zero-order valence-corrected chi connectivity index (χ0v) is 22.0. The Kier molecular flexibility index (Phi) is 8.04. The number of aliphatic carboxylic acids is 1. The molecule has 10 nitrogen and oxygen atoms in total. The molecule has 1 aliphatic heterocycles. The second-order valence-corrected chi connectivity index (χ2v) is 10.1. The number of pyridine rings is 1. The summed E-state index contributed by atoms with van der Waals surface area (Å²) < 4.78 is 0. The first-order valence-electron chi connectivity index (χ1n) is 13.4. The molecule has 1 atom stereocenters. The van der Waals surface area contributed by atoms with Crippen molar-refractivity contribution in [1.29, 1.82) is 0 Å². The topological polar surface area (TPSA) is 132 Å². The molecule has 2 aromatic carbocycles. The fourth-order valence-corrected chi connectivity index (χ4v) is 4.80. The van der Waals surface area contributed by atoms with Crippen molar-refractivity contribution in [1.82, 2.24) is 15.2 Å². The van der Waals surface area contributed by atoms with Gasteiger partial charge >= 0.3 is 5.97 Å². The predicted molar refractivity (Wildman–Crippen MR) is 149 cm³/mol. The number of hydrogen-bond acceptors (Lipinski definition) is 6. The minimum atomic E-state index is -1.05. The molecule has 0 spiro atoms. The van der Waals surface area contributed by atoms with E-state index in [2.05, 4.69) is 20.5 Å². The molecule has 1 aromatic heterocycles. The number of carboxylic acids is 1. The van der Waals surface area contributed by atoms with Crippen LogP contribution in [0.1, 0.15) is 51.6 Å². The minimum absolute atomic E-state index is 0.0148. The Labute approximate surface area is 232 Å². The number of nitrogens with one attached hydrogen (secondary N) is 2. The molecule has 1 saturated heterocycles. The molecule has 3 aromatic rings. The number of aromatic nitrogens is 1. The molecule has 1 aliphatic carbocycles. The lowest BCUT2D eigenvalue weighted by Gasteiger charge is -2.37. The van der Waals surface area contributed by atoms with E-state index in [0.717, 1.165) is 18.5 Å². The minimum Gasteiger partial charge on any atom is -0.481 e. The number of benzene rings is 2. The quantitative estimate of drug-likeness (QED) is 0.379. The first kappa shape index (κ1) is 26.9. The van der Waals surface area contributed by atoms with Crippen LogP contribution in [0.5, 0.6) is 0 Å². The third kappa shape index (κ3) is 6.45. The average Bonchev–Trinajstić information content (AvgIpc) is 3.83. The summed E-state index contributed by atoms with van der Waals surface area (Å²) in [5.74, 6) is -1.64. The number of hydrogen-bond donors (Lipinski definition) is 3. The van der Waals surface area contributed by atoms with Crippen molar-refractivity contribution in [2.75, 3.05) is 36.4 Å². The normalized spacial score (nSPS) is 15.7. The van der Waals surface area contributed by atoms with Gasteiger partial charge in [0, 0.05) is 55.6 Å². The lowest BCUT2D eigenvalue weighted by atomic mass is 10.0. The number of amides is 3. The van der Waals surface area contributed by atoms with Crippen LogP contribution in [-0.2, 0) is 9.59 Å². The lowest BCUT2D eigenvalue weighted by molar-refractivity contribution is -0.137. The number of nitrogens with zero attached hydrogens (tertiary/aromatic N) is 3. The van der Waals surface area contributed by atoms with Crippen LogP contribution in [0.15, 0.2) is 73.1 Å². The fraction of sp³-hybridized carbons (Fsp3) is 0.300. The van der Waals surface area contributed by atoms with E-state index in [0.29, 0.717) is 48.6 Å². The first-order chi connectivity index (χ1) is 19.4. The van der Waals surface area contributed by atoms with E-state index in [1.165, 1.54) is 6.20 Å². The fourth-order valence-electron chi connectivity index (χ4n) is 4.80. The van der Waals surface area contributed by atoms with Crippen molar-refractivity contribution < 1.29 is 24.3 Å². The van der Waals surface area contributed by atoms with Crippen molar-refractivity contribution in [3.8, 4) is 0 Å². The number of piperazine rings is 1. The van der Waals surface area contributed by atoms with Gasteiger partial charge in [0.05, 0.1) is 23.8 Å². The number of carboxylic acid groups (broad SMARTS) is 1. The molecule has 3 N–H and O–H groups in total. The maximum absolute atomic E-state index is 13.2. The standard InChI is InChI=1S/C30H31N5O5/c36-27(37)18-24(23-7-4-12-31-19-23)32-29(39)22-10-11-26(25(17-22)33-28(38)20-8-9-20)34-13-15-35(16-14-34)30(40)21-5-2-1-3-6-21/h1-7,10-12,17,19-20,24H,8-9,13-16,18H2,(H,32,39)(H,33,38)(H,36,37). The summed E-state index contributed by atoms with van der Waals surface area (Å²) >= 11 is 0. The van der Waals surface area contributed by atoms with Crippen molar-refractivity contribution in [3.05, 3.63) is 89.7 Å². The van der Waals surface area contributed by atoms with Gasteiger partial charge in [-0.05, 0) is 54.8 Å². The summed E-state index contributed by atoms with van der Waals surface area (Å²) in [6.07, 6.45) is 4.48. The van der Waals surface area contributed by atoms with Crippen LogP contribution < -0.4 is 15.5 Å². The van der Waals surface area contributed by atoms with Gasteiger partial charge in [-0.15, -0.1) is 0 Å². The van der Waals surface area contributed by atoms with E-state index in [-0.39, 0.29) is 24.2 Å². The van der Waals surface area contributed by atoms with E-state index in [9.17, 15) is 24.3 Å². The Morgan fingerprint density at radius 3 is 2.33 bits per heavy atom. The van der Waals surface area contributed by atoms with E-state index in [1.54, 1.807) is 48.7 Å². The molecule has 2 aliphatic rings. The highest BCUT2D eigenvalue weighted by molar-refractivity contribution is 6.01. The first-order valence-corrected chi connectivity index (χ1v) is 13.4. The van der Waals surface area contributed by atoms with Crippen LogP contribution in [0.2, 0.25) is 0 Å². The van der Waals surface area contributed by atoms with Crippen LogP contribution in [0.4, 0.5) is 11.4 Å². The molecule has 2 fully saturated rings. The molecule has 1 unspecified atom stereocenters. The monoisotopic (exact) mass is 541 g/mol. The van der Waals surface area contributed by atoms with Crippen molar-refractivity contribution in [2.45, 2.75) is 25.3 Å². The van der Waals surface area contributed by atoms with E-state index < -0.39 is 17.9 Å². The summed E-state index contributed by atoms with van der Waals surface area (Å²) in [6.45, 7) is 2.18. The van der Waals surface area contributed by atoms with E-state index >= 15 is 0 Å². The molecule has 40 heavy (non-hydrogen) atoms. The van der Waals surface area contributed by atoms with Gasteiger partial charge in [0.25, 0.3) is 11.8 Å². The highest BCUT2D eigenvalue weighted by atomic mass is 16.4. The largest absolute Gasteiger partial charge is 0.481 e. The summed E-state index contributed by atoms with van der Waals surface area (Å²) in [6, 6.07) is 16.9. The Morgan fingerprint density at radius 2 is 1.68 bits per heavy atom. The van der Waals surface area contributed by atoms with Gasteiger partial charge in [-0.1, -0.05) is 24.3 Å².